The number of carbonyl (C=O) groups excluding carboxylic acids is 2. The van der Waals surface area contributed by atoms with E-state index in [1.165, 1.54) is 18.2 Å². The number of nitrogens with one attached hydrogen (secondary N) is 2. The van der Waals surface area contributed by atoms with Gasteiger partial charge in [0.1, 0.15) is 28.7 Å². The van der Waals surface area contributed by atoms with Crippen molar-refractivity contribution in [3.63, 3.8) is 0 Å². The number of ether oxygens (including phenoxy) is 1. The lowest BCUT2D eigenvalue weighted by Crippen LogP contribution is -2.35. The highest BCUT2D eigenvalue weighted by atomic mass is 35.5. The Hall–Kier alpha value is -3.16. The Morgan fingerprint density at radius 3 is 2.17 bits per heavy atom. The third-order valence-electron chi connectivity index (χ3n) is 3.65. The van der Waals surface area contributed by atoms with Crippen molar-refractivity contribution in [2.75, 3.05) is 5.32 Å². The Labute approximate surface area is 174 Å². The van der Waals surface area contributed by atoms with Crippen LogP contribution in [0, 0.1) is 11.6 Å². The second kappa shape index (κ2) is 8.89. The molecule has 0 atom stereocenters. The van der Waals surface area contributed by atoms with Crippen molar-refractivity contribution in [1.29, 1.82) is 0 Å². The zero-order valence-corrected chi connectivity index (χ0v) is 16.0. The van der Waals surface area contributed by atoms with Crippen LogP contribution in [0.2, 0.25) is 10.0 Å². The average molecular weight is 437 g/mol. The highest BCUT2D eigenvalue weighted by molar-refractivity contribution is 6.32. The molecule has 0 heterocycles. The van der Waals surface area contributed by atoms with Gasteiger partial charge in [-0.05, 0) is 54.6 Å². The van der Waals surface area contributed by atoms with Gasteiger partial charge in [-0.2, -0.15) is 0 Å². The SMILES string of the molecule is O=C(NC(=O)c1c(F)cccc1F)Nc1ccc(Oc2ccc(Cl)cc2)c(Cl)c1. The zero-order valence-electron chi connectivity index (χ0n) is 14.5. The van der Waals surface area contributed by atoms with Gasteiger partial charge in [0.15, 0.2) is 0 Å². The molecule has 3 rings (SSSR count). The first kappa shape index (κ1) is 20.6. The van der Waals surface area contributed by atoms with Crippen molar-refractivity contribution in [2.45, 2.75) is 0 Å². The summed E-state index contributed by atoms with van der Waals surface area (Å²) in [6, 6.07) is 12.9. The summed E-state index contributed by atoms with van der Waals surface area (Å²) in [6.07, 6.45) is 0. The van der Waals surface area contributed by atoms with E-state index in [-0.39, 0.29) is 10.7 Å². The normalized spacial score (nSPS) is 10.3. The minimum absolute atomic E-state index is 0.184. The summed E-state index contributed by atoms with van der Waals surface area (Å²) < 4.78 is 32.8. The summed E-state index contributed by atoms with van der Waals surface area (Å²) >= 11 is 12.0. The third-order valence-corrected chi connectivity index (χ3v) is 4.20. The summed E-state index contributed by atoms with van der Waals surface area (Å²) in [5.41, 5.74) is -0.620. The number of rotatable bonds is 4. The van der Waals surface area contributed by atoms with Gasteiger partial charge < -0.3 is 10.1 Å². The topological polar surface area (TPSA) is 67.4 Å². The smallest absolute Gasteiger partial charge is 0.326 e. The molecule has 0 aromatic heterocycles. The van der Waals surface area contributed by atoms with Crippen molar-refractivity contribution >= 4 is 40.8 Å². The van der Waals surface area contributed by atoms with Crippen molar-refractivity contribution in [3.05, 3.63) is 87.9 Å². The summed E-state index contributed by atoms with van der Waals surface area (Å²) in [4.78, 5) is 23.9. The minimum Gasteiger partial charge on any atom is -0.456 e. The largest absolute Gasteiger partial charge is 0.456 e. The fourth-order valence-electron chi connectivity index (χ4n) is 2.33. The summed E-state index contributed by atoms with van der Waals surface area (Å²) in [5, 5.41) is 4.94. The first-order chi connectivity index (χ1) is 13.8. The Morgan fingerprint density at radius 2 is 1.55 bits per heavy atom. The predicted molar refractivity (Wildman–Crippen MR) is 106 cm³/mol. The molecule has 0 radical (unpaired) electrons. The molecule has 3 aromatic rings. The number of halogens is 4. The van der Waals surface area contributed by atoms with Gasteiger partial charge in [-0.3, -0.25) is 10.1 Å². The molecule has 29 heavy (non-hydrogen) atoms. The van der Waals surface area contributed by atoms with E-state index in [4.69, 9.17) is 27.9 Å². The average Bonchev–Trinajstić information content (AvgIpc) is 2.65. The summed E-state index contributed by atoms with van der Waals surface area (Å²) in [7, 11) is 0. The molecule has 3 amide bonds. The van der Waals surface area contributed by atoms with Gasteiger partial charge in [0.25, 0.3) is 5.91 Å². The van der Waals surface area contributed by atoms with Crippen LogP contribution in [0.15, 0.2) is 60.7 Å². The van der Waals surface area contributed by atoms with E-state index in [9.17, 15) is 18.4 Å². The molecule has 0 fully saturated rings. The number of hydrogen-bond acceptors (Lipinski definition) is 3. The van der Waals surface area contributed by atoms with Crippen LogP contribution in [0.4, 0.5) is 19.3 Å². The number of benzene rings is 3. The lowest BCUT2D eigenvalue weighted by atomic mass is 10.2. The first-order valence-electron chi connectivity index (χ1n) is 8.13. The van der Waals surface area contributed by atoms with E-state index in [1.54, 1.807) is 24.3 Å². The van der Waals surface area contributed by atoms with Crippen LogP contribution in [0.25, 0.3) is 0 Å². The zero-order chi connectivity index (χ0) is 21.0. The van der Waals surface area contributed by atoms with E-state index >= 15 is 0 Å². The summed E-state index contributed by atoms with van der Waals surface area (Å²) in [6.45, 7) is 0. The third kappa shape index (κ3) is 5.22. The van der Waals surface area contributed by atoms with Crippen LogP contribution >= 0.6 is 23.2 Å². The molecule has 0 saturated carbocycles. The molecule has 5 nitrogen and oxygen atoms in total. The monoisotopic (exact) mass is 436 g/mol. The van der Waals surface area contributed by atoms with Crippen molar-refractivity contribution in [2.24, 2.45) is 0 Å². The number of carbonyl (C=O) groups is 2. The van der Waals surface area contributed by atoms with Gasteiger partial charge in [0.05, 0.1) is 5.02 Å². The van der Waals surface area contributed by atoms with Crippen LogP contribution in [0.5, 0.6) is 11.5 Å². The molecule has 0 aliphatic heterocycles. The van der Waals surface area contributed by atoms with Crippen molar-refractivity contribution in [3.8, 4) is 11.5 Å². The molecule has 0 aliphatic carbocycles. The Bertz CT molecular complexity index is 1060. The Balaban J connectivity index is 1.65. The number of hydrogen-bond donors (Lipinski definition) is 2. The number of amides is 3. The van der Waals surface area contributed by atoms with Gasteiger partial charge in [0.2, 0.25) is 0 Å². The van der Waals surface area contributed by atoms with Crippen LogP contribution in [-0.4, -0.2) is 11.9 Å². The molecule has 148 valence electrons. The van der Waals surface area contributed by atoms with E-state index < -0.39 is 29.1 Å². The second-order valence-corrected chi connectivity index (χ2v) is 6.55. The van der Waals surface area contributed by atoms with Crippen molar-refractivity contribution < 1.29 is 23.1 Å². The van der Waals surface area contributed by atoms with Gasteiger partial charge >= 0.3 is 6.03 Å². The number of imide groups is 1. The molecular weight excluding hydrogens is 425 g/mol. The molecule has 9 heteroatoms. The number of anilines is 1. The van der Waals surface area contributed by atoms with Crippen LogP contribution in [-0.2, 0) is 0 Å². The molecule has 2 N–H and O–H groups in total. The molecule has 0 bridgehead atoms. The second-order valence-electron chi connectivity index (χ2n) is 5.71. The Morgan fingerprint density at radius 1 is 0.897 bits per heavy atom. The van der Waals surface area contributed by atoms with Crippen molar-refractivity contribution in [1.82, 2.24) is 5.32 Å². The highest BCUT2D eigenvalue weighted by Crippen LogP contribution is 2.32. The maximum absolute atomic E-state index is 13.6. The molecule has 0 saturated heterocycles. The molecule has 3 aromatic carbocycles. The standard InChI is InChI=1S/C20H12Cl2F2N2O3/c21-11-4-7-13(8-5-11)29-17-9-6-12(10-14(17)22)25-20(28)26-19(27)18-15(23)2-1-3-16(18)24/h1-10H,(H2,25,26,27,28). The molecule has 0 aliphatic rings. The molecule has 0 spiro atoms. The van der Waals surface area contributed by atoms with Crippen LogP contribution in [0.1, 0.15) is 10.4 Å². The lowest BCUT2D eigenvalue weighted by molar-refractivity contribution is 0.0959. The van der Waals surface area contributed by atoms with Gasteiger partial charge in [0, 0.05) is 10.7 Å². The molecular formula is C20H12Cl2F2N2O3. The fourth-order valence-corrected chi connectivity index (χ4v) is 2.68. The minimum atomic E-state index is -1.22. The van der Waals surface area contributed by atoms with E-state index in [2.05, 4.69) is 5.32 Å². The van der Waals surface area contributed by atoms with Crippen LogP contribution < -0.4 is 15.4 Å². The molecule has 0 unspecified atom stereocenters. The highest BCUT2D eigenvalue weighted by Gasteiger charge is 2.19. The van der Waals surface area contributed by atoms with Crippen LogP contribution in [0.3, 0.4) is 0 Å². The fraction of sp³-hybridized carbons (Fsp3) is 0. The van der Waals surface area contributed by atoms with Gasteiger partial charge in [-0.1, -0.05) is 29.3 Å². The predicted octanol–water partition coefficient (Wildman–Crippen LogP) is 6.03. The Kier molecular flexibility index (Phi) is 6.31. The number of urea groups is 1. The van der Waals surface area contributed by atoms with E-state index in [0.29, 0.717) is 16.5 Å². The summed E-state index contributed by atoms with van der Waals surface area (Å²) in [5.74, 6) is -2.55. The van der Waals surface area contributed by atoms with Gasteiger partial charge in [-0.15, -0.1) is 0 Å². The quantitative estimate of drug-likeness (QED) is 0.524. The maximum atomic E-state index is 13.6. The first-order valence-corrected chi connectivity index (χ1v) is 8.88. The van der Waals surface area contributed by atoms with E-state index in [0.717, 1.165) is 18.2 Å². The van der Waals surface area contributed by atoms with E-state index in [1.807, 2.05) is 5.32 Å². The lowest BCUT2D eigenvalue weighted by Gasteiger charge is -2.11. The maximum Gasteiger partial charge on any atom is 0.326 e. The van der Waals surface area contributed by atoms with Gasteiger partial charge in [-0.25, -0.2) is 13.6 Å².